The number of benzene rings is 1. The molecule has 0 fully saturated rings. The molecule has 0 aliphatic carbocycles. The molecule has 0 bridgehead atoms. The number of ether oxygens (including phenoxy) is 1. The second-order valence-electron chi connectivity index (χ2n) is 5.03. The fourth-order valence-electron chi connectivity index (χ4n) is 1.71. The smallest absolute Gasteiger partial charge is 0.326 e. The van der Waals surface area contributed by atoms with Crippen molar-refractivity contribution >= 4 is 27.8 Å². The van der Waals surface area contributed by atoms with E-state index in [1.807, 2.05) is 24.3 Å². The minimum Gasteiger partial charge on any atom is -0.494 e. The lowest BCUT2D eigenvalue weighted by Crippen LogP contribution is -2.44. The lowest BCUT2D eigenvalue weighted by atomic mass is 10.0. The summed E-state index contributed by atoms with van der Waals surface area (Å²) < 4.78 is 6.47. The van der Waals surface area contributed by atoms with Crippen LogP contribution in [-0.2, 0) is 9.59 Å². The van der Waals surface area contributed by atoms with E-state index in [-0.39, 0.29) is 18.2 Å². The van der Waals surface area contributed by atoms with Crippen LogP contribution in [0.25, 0.3) is 0 Å². The molecule has 0 aliphatic rings. The largest absolute Gasteiger partial charge is 0.494 e. The second-order valence-corrected chi connectivity index (χ2v) is 5.95. The standard InChI is InChI=1S/C15H20BrNO4/c1-10(2)14(15(19)20)17-13(18)4-3-9-21-12-7-5-11(16)6-8-12/h5-8,10,14H,3-4,9H2,1-2H3,(H,17,18)(H,19,20)/t14-/m0/s1. The summed E-state index contributed by atoms with van der Waals surface area (Å²) in [5, 5.41) is 11.5. The van der Waals surface area contributed by atoms with Crippen molar-refractivity contribution in [2.75, 3.05) is 6.61 Å². The number of aliphatic carboxylic acids is 1. The van der Waals surface area contributed by atoms with Crippen LogP contribution in [-0.4, -0.2) is 29.6 Å². The molecule has 0 unspecified atom stereocenters. The van der Waals surface area contributed by atoms with E-state index in [4.69, 9.17) is 9.84 Å². The normalized spacial score (nSPS) is 12.0. The molecule has 1 rings (SSSR count). The number of hydrogen-bond acceptors (Lipinski definition) is 3. The predicted octanol–water partition coefficient (Wildman–Crippen LogP) is 2.83. The zero-order valence-electron chi connectivity index (χ0n) is 12.1. The number of halogens is 1. The van der Waals surface area contributed by atoms with Gasteiger partial charge in [0.15, 0.2) is 0 Å². The van der Waals surface area contributed by atoms with Crippen LogP contribution in [0.15, 0.2) is 28.7 Å². The molecule has 0 aromatic heterocycles. The number of carboxylic acid groups (broad SMARTS) is 1. The van der Waals surface area contributed by atoms with Crippen molar-refractivity contribution < 1.29 is 19.4 Å². The molecule has 116 valence electrons. The van der Waals surface area contributed by atoms with Gasteiger partial charge in [0.2, 0.25) is 5.91 Å². The third-order valence-corrected chi connectivity index (χ3v) is 3.41. The highest BCUT2D eigenvalue weighted by Gasteiger charge is 2.22. The molecule has 5 nitrogen and oxygen atoms in total. The molecular formula is C15H20BrNO4. The van der Waals surface area contributed by atoms with E-state index in [1.54, 1.807) is 13.8 Å². The summed E-state index contributed by atoms with van der Waals surface area (Å²) in [6, 6.07) is 6.58. The zero-order chi connectivity index (χ0) is 15.8. The van der Waals surface area contributed by atoms with Gasteiger partial charge in [-0.3, -0.25) is 4.79 Å². The monoisotopic (exact) mass is 357 g/mol. The number of carboxylic acids is 1. The van der Waals surface area contributed by atoms with Crippen molar-refractivity contribution in [2.24, 2.45) is 5.92 Å². The van der Waals surface area contributed by atoms with Crippen LogP contribution in [0.4, 0.5) is 0 Å². The summed E-state index contributed by atoms with van der Waals surface area (Å²) in [5.74, 6) is -0.686. The van der Waals surface area contributed by atoms with Gasteiger partial charge in [0.05, 0.1) is 6.61 Å². The molecule has 0 spiro atoms. The van der Waals surface area contributed by atoms with E-state index < -0.39 is 12.0 Å². The molecule has 0 heterocycles. The van der Waals surface area contributed by atoms with Crippen LogP contribution < -0.4 is 10.1 Å². The molecular weight excluding hydrogens is 338 g/mol. The van der Waals surface area contributed by atoms with Crippen LogP contribution >= 0.6 is 15.9 Å². The molecule has 2 N–H and O–H groups in total. The lowest BCUT2D eigenvalue weighted by Gasteiger charge is -2.17. The van der Waals surface area contributed by atoms with Gasteiger partial charge in [-0.2, -0.15) is 0 Å². The Hall–Kier alpha value is -1.56. The highest BCUT2D eigenvalue weighted by atomic mass is 79.9. The molecule has 0 saturated carbocycles. The van der Waals surface area contributed by atoms with Crippen LogP contribution in [0.2, 0.25) is 0 Å². The number of carbonyl (C=O) groups is 2. The first-order valence-electron chi connectivity index (χ1n) is 6.80. The molecule has 1 aromatic carbocycles. The molecule has 0 radical (unpaired) electrons. The molecule has 6 heteroatoms. The van der Waals surface area contributed by atoms with Gasteiger partial charge in [0.25, 0.3) is 0 Å². The SMILES string of the molecule is CC(C)[C@H](NC(=O)CCCOc1ccc(Br)cc1)C(=O)O. The summed E-state index contributed by atoms with van der Waals surface area (Å²) in [6.45, 7) is 3.93. The fourth-order valence-corrected chi connectivity index (χ4v) is 1.98. The summed E-state index contributed by atoms with van der Waals surface area (Å²) in [5.41, 5.74) is 0. The Labute approximate surface area is 132 Å². The highest BCUT2D eigenvalue weighted by Crippen LogP contribution is 2.16. The molecule has 0 saturated heterocycles. The summed E-state index contributed by atoms with van der Waals surface area (Å²) in [7, 11) is 0. The minimum absolute atomic E-state index is 0.148. The number of amides is 1. The van der Waals surface area contributed by atoms with Crippen molar-refractivity contribution in [3.8, 4) is 5.75 Å². The van der Waals surface area contributed by atoms with Gasteiger partial charge in [0, 0.05) is 10.9 Å². The van der Waals surface area contributed by atoms with Gasteiger partial charge in [0.1, 0.15) is 11.8 Å². The van der Waals surface area contributed by atoms with E-state index in [9.17, 15) is 9.59 Å². The molecule has 1 amide bonds. The first-order valence-corrected chi connectivity index (χ1v) is 7.60. The Kier molecular flexibility index (Phi) is 7.22. The zero-order valence-corrected chi connectivity index (χ0v) is 13.7. The third-order valence-electron chi connectivity index (χ3n) is 2.88. The summed E-state index contributed by atoms with van der Waals surface area (Å²) >= 11 is 3.34. The third kappa shape index (κ3) is 6.62. The van der Waals surface area contributed by atoms with Crippen molar-refractivity contribution in [1.82, 2.24) is 5.32 Å². The van der Waals surface area contributed by atoms with Gasteiger partial charge in [-0.1, -0.05) is 29.8 Å². The Balaban J connectivity index is 2.27. The van der Waals surface area contributed by atoms with Crippen molar-refractivity contribution in [3.05, 3.63) is 28.7 Å². The maximum Gasteiger partial charge on any atom is 0.326 e. The van der Waals surface area contributed by atoms with Gasteiger partial charge < -0.3 is 15.2 Å². The maximum absolute atomic E-state index is 11.7. The number of carbonyl (C=O) groups excluding carboxylic acids is 1. The highest BCUT2D eigenvalue weighted by molar-refractivity contribution is 9.10. The predicted molar refractivity (Wildman–Crippen MR) is 83.3 cm³/mol. The minimum atomic E-state index is -1.01. The van der Waals surface area contributed by atoms with Gasteiger partial charge in [-0.15, -0.1) is 0 Å². The van der Waals surface area contributed by atoms with Crippen molar-refractivity contribution in [1.29, 1.82) is 0 Å². The van der Waals surface area contributed by atoms with E-state index in [0.717, 1.165) is 10.2 Å². The van der Waals surface area contributed by atoms with Crippen molar-refractivity contribution in [2.45, 2.75) is 32.7 Å². The average molecular weight is 358 g/mol. The molecule has 0 aliphatic heterocycles. The molecule has 21 heavy (non-hydrogen) atoms. The maximum atomic E-state index is 11.7. The van der Waals surface area contributed by atoms with Gasteiger partial charge >= 0.3 is 5.97 Å². The Morgan fingerprint density at radius 2 is 1.90 bits per heavy atom. The second kappa shape index (κ2) is 8.67. The Morgan fingerprint density at radius 1 is 1.29 bits per heavy atom. The van der Waals surface area contributed by atoms with Gasteiger partial charge in [-0.25, -0.2) is 4.79 Å². The van der Waals surface area contributed by atoms with Crippen LogP contribution in [0.5, 0.6) is 5.75 Å². The first kappa shape index (κ1) is 17.5. The van der Waals surface area contributed by atoms with Gasteiger partial charge in [-0.05, 0) is 36.6 Å². The van der Waals surface area contributed by atoms with E-state index in [0.29, 0.717) is 13.0 Å². The fraction of sp³-hybridized carbons (Fsp3) is 0.467. The van der Waals surface area contributed by atoms with E-state index >= 15 is 0 Å². The Bertz CT molecular complexity index is 473. The van der Waals surface area contributed by atoms with Crippen molar-refractivity contribution in [3.63, 3.8) is 0 Å². The van der Waals surface area contributed by atoms with Crippen LogP contribution in [0, 0.1) is 5.92 Å². The summed E-state index contributed by atoms with van der Waals surface area (Å²) in [6.07, 6.45) is 0.777. The average Bonchev–Trinajstić information content (AvgIpc) is 2.42. The van der Waals surface area contributed by atoms with E-state index in [1.165, 1.54) is 0 Å². The molecule has 1 atom stereocenters. The topological polar surface area (TPSA) is 75.6 Å². The number of hydrogen-bond donors (Lipinski definition) is 2. The van der Waals surface area contributed by atoms with Crippen LogP contribution in [0.3, 0.4) is 0 Å². The summed E-state index contributed by atoms with van der Waals surface area (Å²) in [4.78, 5) is 22.7. The quantitative estimate of drug-likeness (QED) is 0.701. The van der Waals surface area contributed by atoms with Crippen LogP contribution in [0.1, 0.15) is 26.7 Å². The lowest BCUT2D eigenvalue weighted by molar-refractivity contribution is -0.143. The number of rotatable bonds is 8. The molecule has 1 aromatic rings. The number of nitrogens with one attached hydrogen (secondary N) is 1. The van der Waals surface area contributed by atoms with E-state index in [2.05, 4.69) is 21.2 Å². The first-order chi connectivity index (χ1) is 9.90. The Morgan fingerprint density at radius 3 is 2.43 bits per heavy atom.